The lowest BCUT2D eigenvalue weighted by Crippen LogP contribution is -2.27. The van der Waals surface area contributed by atoms with E-state index in [0.29, 0.717) is 6.04 Å². The van der Waals surface area contributed by atoms with Crippen LogP contribution in [0.2, 0.25) is 0 Å². The summed E-state index contributed by atoms with van der Waals surface area (Å²) >= 11 is 0. The van der Waals surface area contributed by atoms with Gasteiger partial charge in [0.1, 0.15) is 0 Å². The Morgan fingerprint density at radius 1 is 1.08 bits per heavy atom. The topological polar surface area (TPSA) is 46.6 Å². The van der Waals surface area contributed by atoms with Crippen LogP contribution in [-0.4, -0.2) is 32.5 Å². The maximum absolute atomic E-state index is 12.3. The summed E-state index contributed by atoms with van der Waals surface area (Å²) in [4.78, 5) is 2.62. The van der Waals surface area contributed by atoms with E-state index in [9.17, 15) is 8.42 Å². The molecule has 0 aliphatic carbocycles. The molecule has 2 atom stereocenters. The van der Waals surface area contributed by atoms with Gasteiger partial charge in [0.2, 0.25) is 0 Å². The second-order valence-electron chi connectivity index (χ2n) is 6.92. The van der Waals surface area contributed by atoms with Crippen LogP contribution in [0.3, 0.4) is 0 Å². The molecule has 2 aromatic carbocycles. The van der Waals surface area contributed by atoms with Crippen LogP contribution in [0.4, 0.5) is 0 Å². The zero-order chi connectivity index (χ0) is 17.9. The van der Waals surface area contributed by atoms with E-state index >= 15 is 0 Å². The van der Waals surface area contributed by atoms with Crippen LogP contribution in [0.15, 0.2) is 59.5 Å². The highest BCUT2D eigenvalue weighted by Gasteiger charge is 2.30. The Balaban J connectivity index is 1.56. The lowest BCUT2D eigenvalue weighted by atomic mass is 10.1. The van der Waals surface area contributed by atoms with Gasteiger partial charge in [0.25, 0.3) is 10.1 Å². The van der Waals surface area contributed by atoms with E-state index in [1.165, 1.54) is 5.56 Å². The summed E-state index contributed by atoms with van der Waals surface area (Å²) < 4.78 is 30.0. The summed E-state index contributed by atoms with van der Waals surface area (Å²) in [5.41, 5.74) is 2.31. The van der Waals surface area contributed by atoms with Crippen LogP contribution in [0.5, 0.6) is 0 Å². The fourth-order valence-corrected chi connectivity index (χ4v) is 4.31. The number of rotatable bonds is 6. The highest BCUT2D eigenvalue weighted by Crippen LogP contribution is 2.26. The summed E-state index contributed by atoms with van der Waals surface area (Å²) in [6, 6.07) is 17.6. The Bertz CT molecular complexity index is 787. The zero-order valence-electron chi connectivity index (χ0n) is 14.8. The van der Waals surface area contributed by atoms with Gasteiger partial charge in [-0.2, -0.15) is 8.42 Å². The molecule has 2 unspecified atom stereocenters. The van der Waals surface area contributed by atoms with Crippen molar-refractivity contribution in [2.45, 2.75) is 37.8 Å². The molecule has 1 fully saturated rings. The molecule has 5 heteroatoms. The van der Waals surface area contributed by atoms with Crippen LogP contribution in [-0.2, 0) is 20.8 Å². The maximum Gasteiger partial charge on any atom is 0.296 e. The molecule has 0 N–H and O–H groups in total. The van der Waals surface area contributed by atoms with Crippen molar-refractivity contribution in [3.8, 4) is 0 Å². The first-order chi connectivity index (χ1) is 11.9. The molecule has 3 rings (SSSR count). The van der Waals surface area contributed by atoms with Gasteiger partial charge in [-0.15, -0.1) is 0 Å². The van der Waals surface area contributed by atoms with Crippen molar-refractivity contribution >= 4 is 10.1 Å². The number of likely N-dealkylation sites (tertiary alicyclic amines) is 1. The van der Waals surface area contributed by atoms with E-state index < -0.39 is 10.1 Å². The van der Waals surface area contributed by atoms with E-state index in [-0.39, 0.29) is 17.4 Å². The minimum absolute atomic E-state index is 0.227. The number of nitrogens with zero attached hydrogens (tertiary/aromatic N) is 1. The van der Waals surface area contributed by atoms with E-state index in [2.05, 4.69) is 24.0 Å². The predicted octanol–water partition coefficient (Wildman–Crippen LogP) is 3.61. The Labute approximate surface area is 150 Å². The molecule has 25 heavy (non-hydrogen) atoms. The van der Waals surface area contributed by atoms with Gasteiger partial charge < -0.3 is 0 Å². The second kappa shape index (κ2) is 7.68. The lowest BCUT2D eigenvalue weighted by molar-refractivity contribution is 0.231. The quantitative estimate of drug-likeness (QED) is 0.739. The van der Waals surface area contributed by atoms with E-state index in [1.807, 2.05) is 25.1 Å². The van der Waals surface area contributed by atoms with Crippen molar-refractivity contribution in [2.24, 2.45) is 5.92 Å². The lowest BCUT2D eigenvalue weighted by Gasteiger charge is -2.21. The summed E-state index contributed by atoms with van der Waals surface area (Å²) in [6.45, 7) is 6.12. The smallest absolute Gasteiger partial charge is 0.296 e. The summed E-state index contributed by atoms with van der Waals surface area (Å²) in [7, 11) is -3.68. The average molecular weight is 359 g/mol. The van der Waals surface area contributed by atoms with Gasteiger partial charge in [-0.05, 0) is 43.9 Å². The molecule has 0 aromatic heterocycles. The molecule has 1 saturated heterocycles. The monoisotopic (exact) mass is 359 g/mol. The zero-order valence-corrected chi connectivity index (χ0v) is 15.6. The van der Waals surface area contributed by atoms with Crippen LogP contribution in [0.1, 0.15) is 24.5 Å². The Hall–Kier alpha value is -1.69. The van der Waals surface area contributed by atoms with Gasteiger partial charge in [0, 0.05) is 19.1 Å². The molecular formula is C20H25NO3S. The van der Waals surface area contributed by atoms with Gasteiger partial charge in [-0.3, -0.25) is 9.08 Å². The normalized spacial score (nSPS) is 21.5. The predicted molar refractivity (Wildman–Crippen MR) is 98.7 cm³/mol. The number of aryl methyl sites for hydroxylation is 1. The van der Waals surface area contributed by atoms with Crippen molar-refractivity contribution in [2.75, 3.05) is 13.2 Å². The van der Waals surface area contributed by atoms with Crippen LogP contribution in [0, 0.1) is 12.8 Å². The highest BCUT2D eigenvalue weighted by atomic mass is 32.2. The molecular weight excluding hydrogens is 334 g/mol. The van der Waals surface area contributed by atoms with Gasteiger partial charge in [-0.1, -0.05) is 48.0 Å². The standard InChI is InChI=1S/C20H25NO3S/c1-16-8-10-20(11-9-16)25(22,23)24-15-19-12-17(2)21(14-19)13-18-6-4-3-5-7-18/h3-11,17,19H,12-15H2,1-2H3. The highest BCUT2D eigenvalue weighted by molar-refractivity contribution is 7.86. The van der Waals surface area contributed by atoms with Crippen molar-refractivity contribution in [1.29, 1.82) is 0 Å². The van der Waals surface area contributed by atoms with E-state index in [4.69, 9.17) is 4.18 Å². The van der Waals surface area contributed by atoms with Crippen molar-refractivity contribution in [3.05, 3.63) is 65.7 Å². The van der Waals surface area contributed by atoms with Gasteiger partial charge in [0.05, 0.1) is 11.5 Å². The van der Waals surface area contributed by atoms with Gasteiger partial charge in [0.15, 0.2) is 0 Å². The average Bonchev–Trinajstić information content (AvgIpc) is 2.94. The van der Waals surface area contributed by atoms with Crippen LogP contribution in [0.25, 0.3) is 0 Å². The molecule has 0 radical (unpaired) electrons. The third-order valence-electron chi connectivity index (χ3n) is 4.79. The van der Waals surface area contributed by atoms with Gasteiger partial charge in [-0.25, -0.2) is 0 Å². The van der Waals surface area contributed by atoms with Crippen LogP contribution >= 0.6 is 0 Å². The summed E-state index contributed by atoms with van der Waals surface area (Å²) in [6.07, 6.45) is 0.955. The van der Waals surface area contributed by atoms with E-state index in [1.54, 1.807) is 24.3 Å². The molecule has 0 amide bonds. The van der Waals surface area contributed by atoms with Crippen molar-refractivity contribution < 1.29 is 12.6 Å². The number of benzene rings is 2. The first-order valence-corrected chi connectivity index (χ1v) is 10.1. The molecule has 1 heterocycles. The summed E-state index contributed by atoms with van der Waals surface area (Å²) in [5, 5.41) is 0. The first-order valence-electron chi connectivity index (χ1n) is 8.68. The molecule has 0 spiro atoms. The first kappa shape index (κ1) is 18.1. The Kier molecular flexibility index (Phi) is 5.57. The second-order valence-corrected chi connectivity index (χ2v) is 8.53. The molecule has 1 aliphatic rings. The number of hydrogen-bond donors (Lipinski definition) is 0. The third-order valence-corrected chi connectivity index (χ3v) is 6.08. The Morgan fingerprint density at radius 2 is 1.76 bits per heavy atom. The Morgan fingerprint density at radius 3 is 2.44 bits per heavy atom. The molecule has 0 saturated carbocycles. The SMILES string of the molecule is Cc1ccc(S(=O)(=O)OCC2CC(C)N(Cc3ccccc3)C2)cc1. The fourth-order valence-electron chi connectivity index (χ4n) is 3.34. The number of hydrogen-bond acceptors (Lipinski definition) is 4. The molecule has 0 bridgehead atoms. The fraction of sp³-hybridized carbons (Fsp3) is 0.400. The molecule has 134 valence electrons. The molecule has 2 aromatic rings. The molecule has 4 nitrogen and oxygen atoms in total. The van der Waals surface area contributed by atoms with Crippen LogP contribution < -0.4 is 0 Å². The third kappa shape index (κ3) is 4.69. The summed E-state index contributed by atoms with van der Waals surface area (Å²) in [5.74, 6) is 0.235. The molecule has 1 aliphatic heterocycles. The minimum atomic E-state index is -3.68. The van der Waals surface area contributed by atoms with Gasteiger partial charge >= 0.3 is 0 Å². The maximum atomic E-state index is 12.3. The van der Waals surface area contributed by atoms with E-state index in [0.717, 1.165) is 25.1 Å². The van der Waals surface area contributed by atoms with Crippen molar-refractivity contribution in [1.82, 2.24) is 4.90 Å². The van der Waals surface area contributed by atoms with Crippen molar-refractivity contribution in [3.63, 3.8) is 0 Å². The minimum Gasteiger partial charge on any atom is -0.296 e. The largest absolute Gasteiger partial charge is 0.296 e.